The molecule has 15 heavy (non-hydrogen) atoms. The van der Waals surface area contributed by atoms with Crippen LogP contribution in [-0.4, -0.2) is 6.61 Å². The van der Waals surface area contributed by atoms with Gasteiger partial charge < -0.3 is 4.74 Å². The first-order chi connectivity index (χ1) is 7.22. The zero-order chi connectivity index (χ0) is 11.1. The monoisotopic (exact) mass is 205 g/mol. The van der Waals surface area contributed by atoms with Crippen LogP contribution < -0.4 is 4.74 Å². The Morgan fingerprint density at radius 1 is 1.33 bits per heavy atom. The van der Waals surface area contributed by atoms with Crippen molar-refractivity contribution in [1.29, 1.82) is 0 Å². The minimum atomic E-state index is 0.605. The van der Waals surface area contributed by atoms with Crippen LogP contribution in [0.1, 0.15) is 20.3 Å². The zero-order valence-electron chi connectivity index (χ0n) is 9.05. The van der Waals surface area contributed by atoms with E-state index in [1.165, 1.54) is 0 Å². The lowest BCUT2D eigenvalue weighted by Gasteiger charge is -2.07. The predicted molar refractivity (Wildman–Crippen MR) is 60.2 cm³/mol. The molecule has 1 aromatic rings. The Morgan fingerprint density at radius 2 is 2.00 bits per heavy atom. The predicted octanol–water partition coefficient (Wildman–Crippen LogP) is 4.05. The molecule has 0 spiro atoms. The molecule has 0 radical (unpaired) electrons. The lowest BCUT2D eigenvalue weighted by atomic mass is 10.1. The summed E-state index contributed by atoms with van der Waals surface area (Å²) in [6.07, 6.45) is 1.04. The summed E-state index contributed by atoms with van der Waals surface area (Å²) in [7, 11) is 0. The number of nitrogens with zero attached hydrogens (tertiary/aromatic N) is 3. The van der Waals surface area contributed by atoms with Crippen LogP contribution in [0, 0.1) is 5.92 Å². The van der Waals surface area contributed by atoms with E-state index in [2.05, 4.69) is 23.9 Å². The molecule has 80 valence electrons. The maximum Gasteiger partial charge on any atom is 0.119 e. The summed E-state index contributed by atoms with van der Waals surface area (Å²) in [4.78, 5) is 2.71. The van der Waals surface area contributed by atoms with Gasteiger partial charge in [0.25, 0.3) is 0 Å². The third-order valence-corrected chi connectivity index (χ3v) is 1.96. The number of hydrogen-bond acceptors (Lipinski definition) is 2. The molecule has 0 saturated carbocycles. The molecule has 0 unspecified atom stereocenters. The van der Waals surface area contributed by atoms with E-state index >= 15 is 0 Å². The molecule has 4 heteroatoms. The SMILES string of the molecule is CC(C)CCOc1ccc(N=[N+]=[N-])cc1. The Hall–Kier alpha value is -1.67. The lowest BCUT2D eigenvalue weighted by molar-refractivity contribution is 0.289. The summed E-state index contributed by atoms with van der Waals surface area (Å²) in [5.74, 6) is 1.46. The number of benzene rings is 1. The standard InChI is InChI=1S/C11H15N3O/c1-9(2)7-8-15-11-5-3-10(4-6-11)13-14-12/h3-6,9H,7-8H2,1-2H3. The maximum absolute atomic E-state index is 8.22. The van der Waals surface area contributed by atoms with Gasteiger partial charge in [0, 0.05) is 10.6 Å². The van der Waals surface area contributed by atoms with Gasteiger partial charge >= 0.3 is 0 Å². The Kier molecular flexibility index (Phi) is 4.51. The molecule has 0 aliphatic carbocycles. The van der Waals surface area contributed by atoms with Crippen molar-refractivity contribution in [1.82, 2.24) is 0 Å². The lowest BCUT2D eigenvalue weighted by Crippen LogP contribution is -2.00. The van der Waals surface area contributed by atoms with Crippen molar-refractivity contribution in [2.24, 2.45) is 11.0 Å². The van der Waals surface area contributed by atoms with Crippen molar-refractivity contribution in [2.75, 3.05) is 6.61 Å². The average Bonchev–Trinajstić information content (AvgIpc) is 2.20. The van der Waals surface area contributed by atoms with E-state index in [-0.39, 0.29) is 0 Å². The van der Waals surface area contributed by atoms with E-state index in [1.807, 2.05) is 12.1 Å². The first kappa shape index (κ1) is 11.4. The van der Waals surface area contributed by atoms with Crippen LogP contribution in [0.4, 0.5) is 5.69 Å². The van der Waals surface area contributed by atoms with Crippen molar-refractivity contribution >= 4 is 5.69 Å². The Bertz CT molecular complexity index is 339. The Balaban J connectivity index is 2.46. The molecule has 0 aliphatic heterocycles. The molecule has 0 bridgehead atoms. The summed E-state index contributed by atoms with van der Waals surface area (Å²) >= 11 is 0. The molecule has 0 amide bonds. The molecular weight excluding hydrogens is 190 g/mol. The van der Waals surface area contributed by atoms with Gasteiger partial charge in [-0.15, -0.1) is 0 Å². The fourth-order valence-corrected chi connectivity index (χ4v) is 1.07. The van der Waals surface area contributed by atoms with Crippen LogP contribution in [0.25, 0.3) is 10.4 Å². The van der Waals surface area contributed by atoms with Crippen molar-refractivity contribution in [3.05, 3.63) is 34.7 Å². The molecule has 0 atom stereocenters. The van der Waals surface area contributed by atoms with Crippen LogP contribution in [0.5, 0.6) is 5.75 Å². The van der Waals surface area contributed by atoms with E-state index < -0.39 is 0 Å². The minimum absolute atomic E-state index is 0.605. The van der Waals surface area contributed by atoms with E-state index in [0.717, 1.165) is 18.8 Å². The highest BCUT2D eigenvalue weighted by atomic mass is 16.5. The first-order valence-corrected chi connectivity index (χ1v) is 5.00. The van der Waals surface area contributed by atoms with Gasteiger partial charge in [0.1, 0.15) is 5.75 Å². The Labute approximate surface area is 89.5 Å². The van der Waals surface area contributed by atoms with Gasteiger partial charge in [0.2, 0.25) is 0 Å². The molecule has 0 aliphatic rings. The van der Waals surface area contributed by atoms with Gasteiger partial charge in [-0.25, -0.2) is 0 Å². The van der Waals surface area contributed by atoms with Gasteiger partial charge in [-0.05, 0) is 42.1 Å². The summed E-state index contributed by atoms with van der Waals surface area (Å²) < 4.78 is 5.52. The van der Waals surface area contributed by atoms with Crippen LogP contribution in [-0.2, 0) is 0 Å². The summed E-state index contributed by atoms with van der Waals surface area (Å²) in [6, 6.07) is 7.10. The van der Waals surface area contributed by atoms with Crippen molar-refractivity contribution < 1.29 is 4.74 Å². The highest BCUT2D eigenvalue weighted by Crippen LogP contribution is 2.18. The van der Waals surface area contributed by atoms with Crippen molar-refractivity contribution in [2.45, 2.75) is 20.3 Å². The first-order valence-electron chi connectivity index (χ1n) is 5.00. The molecule has 0 N–H and O–H groups in total. The second-order valence-electron chi connectivity index (χ2n) is 3.71. The topological polar surface area (TPSA) is 58.0 Å². The number of rotatable bonds is 5. The Morgan fingerprint density at radius 3 is 2.53 bits per heavy atom. The van der Waals surface area contributed by atoms with Gasteiger partial charge in [0.15, 0.2) is 0 Å². The molecule has 4 nitrogen and oxygen atoms in total. The van der Waals surface area contributed by atoms with E-state index in [9.17, 15) is 0 Å². The van der Waals surface area contributed by atoms with Crippen LogP contribution in [0.3, 0.4) is 0 Å². The molecule has 0 aromatic heterocycles. The smallest absolute Gasteiger partial charge is 0.119 e. The highest BCUT2D eigenvalue weighted by Gasteiger charge is 1.96. The largest absolute Gasteiger partial charge is 0.494 e. The molecule has 0 fully saturated rings. The fraction of sp³-hybridized carbons (Fsp3) is 0.455. The molecule has 0 heterocycles. The van der Waals surface area contributed by atoms with Crippen LogP contribution >= 0.6 is 0 Å². The number of ether oxygens (including phenoxy) is 1. The quantitative estimate of drug-likeness (QED) is 0.406. The summed E-state index contributed by atoms with van der Waals surface area (Å²) in [6.45, 7) is 5.04. The van der Waals surface area contributed by atoms with E-state index in [0.29, 0.717) is 11.6 Å². The second kappa shape index (κ2) is 5.94. The van der Waals surface area contributed by atoms with Gasteiger partial charge in [-0.1, -0.05) is 19.0 Å². The average molecular weight is 205 g/mol. The third kappa shape index (κ3) is 4.38. The van der Waals surface area contributed by atoms with Crippen LogP contribution in [0.2, 0.25) is 0 Å². The van der Waals surface area contributed by atoms with Gasteiger partial charge in [0.05, 0.1) is 6.61 Å². The van der Waals surface area contributed by atoms with Crippen LogP contribution in [0.15, 0.2) is 29.4 Å². The number of hydrogen-bond donors (Lipinski definition) is 0. The van der Waals surface area contributed by atoms with Crippen molar-refractivity contribution in [3.8, 4) is 5.75 Å². The molecular formula is C11H15N3O. The third-order valence-electron chi connectivity index (χ3n) is 1.96. The summed E-state index contributed by atoms with van der Waals surface area (Å²) in [5.41, 5.74) is 8.82. The molecule has 0 saturated heterocycles. The van der Waals surface area contributed by atoms with Crippen molar-refractivity contribution in [3.63, 3.8) is 0 Å². The van der Waals surface area contributed by atoms with E-state index in [4.69, 9.17) is 10.3 Å². The van der Waals surface area contributed by atoms with E-state index in [1.54, 1.807) is 12.1 Å². The number of azide groups is 1. The van der Waals surface area contributed by atoms with Gasteiger partial charge in [-0.2, -0.15) is 0 Å². The molecule has 1 aromatic carbocycles. The maximum atomic E-state index is 8.22. The minimum Gasteiger partial charge on any atom is -0.494 e. The molecule has 1 rings (SSSR count). The zero-order valence-corrected chi connectivity index (χ0v) is 9.05. The second-order valence-corrected chi connectivity index (χ2v) is 3.71. The summed E-state index contributed by atoms with van der Waals surface area (Å²) in [5, 5.41) is 3.48. The van der Waals surface area contributed by atoms with Gasteiger partial charge in [-0.3, -0.25) is 0 Å². The fourth-order valence-electron chi connectivity index (χ4n) is 1.07. The highest BCUT2D eigenvalue weighted by molar-refractivity contribution is 5.40. The normalized spacial score (nSPS) is 9.80.